The zero-order chi connectivity index (χ0) is 22.4. The molecule has 0 radical (unpaired) electrons. The first kappa shape index (κ1) is 22.8. The van der Waals surface area contributed by atoms with Crippen molar-refractivity contribution in [3.63, 3.8) is 0 Å². The molecular weight excluding hydrogens is 432 g/mol. The lowest BCUT2D eigenvalue weighted by Gasteiger charge is -2.15. The number of hydrogen-bond acceptors (Lipinski definition) is 3. The van der Waals surface area contributed by atoms with Gasteiger partial charge in [0, 0.05) is 17.3 Å². The Morgan fingerprint density at radius 3 is 2.45 bits per heavy atom. The molecule has 0 saturated carbocycles. The smallest absolute Gasteiger partial charge is 0.263 e. The number of anilines is 1. The molecule has 0 saturated heterocycles. The van der Waals surface area contributed by atoms with Gasteiger partial charge in [-0.25, -0.2) is 8.42 Å². The molecule has 31 heavy (non-hydrogen) atoms. The summed E-state index contributed by atoms with van der Waals surface area (Å²) < 4.78 is 28.2. The van der Waals surface area contributed by atoms with Crippen molar-refractivity contribution < 1.29 is 13.2 Å². The minimum atomic E-state index is -3.95. The zero-order valence-electron chi connectivity index (χ0n) is 17.4. The third kappa shape index (κ3) is 6.32. The Kier molecular flexibility index (Phi) is 7.36. The molecule has 5 nitrogen and oxygen atoms in total. The fourth-order valence-corrected chi connectivity index (χ4v) is 4.75. The van der Waals surface area contributed by atoms with Gasteiger partial charge in [0.25, 0.3) is 15.9 Å². The monoisotopic (exact) mass is 456 g/mol. The van der Waals surface area contributed by atoms with Gasteiger partial charge in [-0.1, -0.05) is 54.1 Å². The normalized spacial score (nSPS) is 12.2. The summed E-state index contributed by atoms with van der Waals surface area (Å²) in [5, 5.41) is 2.97. The van der Waals surface area contributed by atoms with Crippen LogP contribution in [0.15, 0.2) is 77.7 Å². The zero-order valence-corrected chi connectivity index (χ0v) is 19.0. The molecule has 162 valence electrons. The Balaban J connectivity index is 1.71. The molecule has 3 aromatic rings. The number of nitrogens with one attached hydrogen (secondary N) is 2. The molecule has 3 rings (SSSR count). The molecule has 0 bridgehead atoms. The van der Waals surface area contributed by atoms with Crippen molar-refractivity contribution in [3.05, 3.63) is 94.5 Å². The quantitative estimate of drug-likeness (QED) is 0.489. The fraction of sp³-hybridized carbons (Fsp3) is 0.208. The summed E-state index contributed by atoms with van der Waals surface area (Å²) in [6, 6.07) is 21.2. The van der Waals surface area contributed by atoms with Crippen LogP contribution in [0, 0.1) is 6.92 Å². The third-order valence-electron chi connectivity index (χ3n) is 4.84. The predicted octanol–water partition coefficient (Wildman–Crippen LogP) is 5.20. The number of carbonyl (C=O) groups is 1. The molecule has 0 aliphatic heterocycles. The van der Waals surface area contributed by atoms with Gasteiger partial charge in [-0.15, -0.1) is 0 Å². The fourth-order valence-electron chi connectivity index (χ4n) is 3.18. The summed E-state index contributed by atoms with van der Waals surface area (Å²) in [7, 11) is -3.95. The second-order valence-corrected chi connectivity index (χ2v) is 9.58. The Hall–Kier alpha value is -2.83. The minimum Gasteiger partial charge on any atom is -0.350 e. The van der Waals surface area contributed by atoms with E-state index in [2.05, 4.69) is 10.0 Å². The SMILES string of the molecule is Cc1cccc(NS(=O)(=O)c2cc(C(=O)N[C@@H](C)CCc3ccccc3)ccc2Cl)c1. The number of benzene rings is 3. The molecule has 0 fully saturated rings. The van der Waals surface area contributed by atoms with Gasteiger partial charge in [0.2, 0.25) is 0 Å². The van der Waals surface area contributed by atoms with Crippen LogP contribution in [-0.2, 0) is 16.4 Å². The molecular formula is C24H25ClN2O3S. The average molecular weight is 457 g/mol. The van der Waals surface area contributed by atoms with E-state index in [9.17, 15) is 13.2 Å². The third-order valence-corrected chi connectivity index (χ3v) is 6.70. The van der Waals surface area contributed by atoms with Gasteiger partial charge in [-0.2, -0.15) is 0 Å². The van der Waals surface area contributed by atoms with Crippen molar-refractivity contribution in [1.29, 1.82) is 0 Å². The predicted molar refractivity (Wildman–Crippen MR) is 125 cm³/mol. The van der Waals surface area contributed by atoms with Crippen molar-refractivity contribution in [2.75, 3.05) is 4.72 Å². The largest absolute Gasteiger partial charge is 0.350 e. The highest BCUT2D eigenvalue weighted by Crippen LogP contribution is 2.25. The molecule has 0 aromatic heterocycles. The molecule has 1 amide bonds. The molecule has 0 heterocycles. The first-order valence-electron chi connectivity index (χ1n) is 9.98. The Labute approximate surface area is 188 Å². The maximum Gasteiger partial charge on any atom is 0.263 e. The van der Waals surface area contributed by atoms with Gasteiger partial charge in [0.05, 0.1) is 5.02 Å². The van der Waals surface area contributed by atoms with E-state index < -0.39 is 10.0 Å². The lowest BCUT2D eigenvalue weighted by atomic mass is 10.1. The summed E-state index contributed by atoms with van der Waals surface area (Å²) in [5.41, 5.74) is 2.79. The van der Waals surface area contributed by atoms with Crippen molar-refractivity contribution >= 4 is 33.2 Å². The highest BCUT2D eigenvalue weighted by atomic mass is 35.5. The molecule has 7 heteroatoms. The van der Waals surface area contributed by atoms with E-state index in [1.54, 1.807) is 18.2 Å². The number of sulfonamides is 1. The van der Waals surface area contributed by atoms with Crippen molar-refractivity contribution in [2.45, 2.75) is 37.6 Å². The number of rotatable bonds is 8. The molecule has 0 spiro atoms. The van der Waals surface area contributed by atoms with Gasteiger partial charge in [0.15, 0.2) is 0 Å². The summed E-state index contributed by atoms with van der Waals surface area (Å²) in [4.78, 5) is 12.6. The summed E-state index contributed by atoms with van der Waals surface area (Å²) in [6.07, 6.45) is 1.60. The van der Waals surface area contributed by atoms with Crippen LogP contribution in [0.5, 0.6) is 0 Å². The van der Waals surface area contributed by atoms with E-state index in [1.807, 2.05) is 50.2 Å². The summed E-state index contributed by atoms with van der Waals surface area (Å²) >= 11 is 6.16. The van der Waals surface area contributed by atoms with Crippen LogP contribution in [0.3, 0.4) is 0 Å². The van der Waals surface area contributed by atoms with Crippen LogP contribution in [0.25, 0.3) is 0 Å². The second kappa shape index (κ2) is 9.98. The topological polar surface area (TPSA) is 75.3 Å². The van der Waals surface area contributed by atoms with Crippen LogP contribution in [0.4, 0.5) is 5.69 Å². The summed E-state index contributed by atoms with van der Waals surface area (Å²) in [5.74, 6) is -0.343. The van der Waals surface area contributed by atoms with Gasteiger partial charge in [0.1, 0.15) is 4.90 Å². The highest BCUT2D eigenvalue weighted by molar-refractivity contribution is 7.92. The van der Waals surface area contributed by atoms with E-state index in [-0.39, 0.29) is 27.4 Å². The average Bonchev–Trinajstić information content (AvgIpc) is 2.73. The number of carbonyl (C=O) groups excluding carboxylic acids is 1. The molecule has 0 unspecified atom stereocenters. The molecule has 3 aromatic carbocycles. The van der Waals surface area contributed by atoms with Crippen molar-refractivity contribution in [3.8, 4) is 0 Å². The van der Waals surface area contributed by atoms with E-state index >= 15 is 0 Å². The van der Waals surface area contributed by atoms with Gasteiger partial charge >= 0.3 is 0 Å². The van der Waals surface area contributed by atoms with Crippen LogP contribution in [0.2, 0.25) is 5.02 Å². The Bertz CT molecular complexity index is 1160. The van der Waals surface area contributed by atoms with Crippen LogP contribution < -0.4 is 10.0 Å². The first-order chi connectivity index (χ1) is 14.7. The van der Waals surface area contributed by atoms with Crippen molar-refractivity contribution in [1.82, 2.24) is 5.32 Å². The molecule has 0 aliphatic carbocycles. The molecule has 0 aliphatic rings. The standard InChI is InChI=1S/C24H25ClN2O3S/c1-17-7-6-10-21(15-17)27-31(29,30)23-16-20(13-14-22(23)25)24(28)26-18(2)11-12-19-8-4-3-5-9-19/h3-10,13-16,18,27H,11-12H2,1-2H3,(H,26,28)/t18-/m0/s1. The van der Waals surface area contributed by atoms with Crippen molar-refractivity contribution in [2.24, 2.45) is 0 Å². The van der Waals surface area contributed by atoms with Gasteiger partial charge < -0.3 is 5.32 Å². The van der Waals surface area contributed by atoms with Crippen LogP contribution in [-0.4, -0.2) is 20.4 Å². The number of hydrogen-bond donors (Lipinski definition) is 2. The highest BCUT2D eigenvalue weighted by Gasteiger charge is 2.21. The van der Waals surface area contributed by atoms with Crippen LogP contribution in [0.1, 0.15) is 34.8 Å². The minimum absolute atomic E-state index is 0.0498. The van der Waals surface area contributed by atoms with E-state index in [4.69, 9.17) is 11.6 Å². The number of halogens is 1. The molecule has 1 atom stereocenters. The van der Waals surface area contributed by atoms with Crippen LogP contribution >= 0.6 is 11.6 Å². The van der Waals surface area contributed by atoms with Gasteiger partial charge in [-0.05, 0) is 68.1 Å². The van der Waals surface area contributed by atoms with E-state index in [1.165, 1.54) is 23.8 Å². The lowest BCUT2D eigenvalue weighted by Crippen LogP contribution is -2.33. The van der Waals surface area contributed by atoms with E-state index in [0.717, 1.165) is 18.4 Å². The Morgan fingerprint density at radius 2 is 1.74 bits per heavy atom. The maximum absolute atomic E-state index is 12.9. The number of amides is 1. The lowest BCUT2D eigenvalue weighted by molar-refractivity contribution is 0.0938. The van der Waals surface area contributed by atoms with Gasteiger partial charge in [-0.3, -0.25) is 9.52 Å². The maximum atomic E-state index is 12.9. The second-order valence-electron chi connectivity index (χ2n) is 7.52. The summed E-state index contributed by atoms with van der Waals surface area (Å²) in [6.45, 7) is 3.79. The molecule has 2 N–H and O–H groups in total. The number of aryl methyl sites for hydroxylation is 2. The van der Waals surface area contributed by atoms with E-state index in [0.29, 0.717) is 5.69 Å². The first-order valence-corrected chi connectivity index (χ1v) is 11.8. The Morgan fingerprint density at radius 1 is 1.00 bits per heavy atom.